The Morgan fingerprint density at radius 2 is 2.17 bits per heavy atom. The minimum Gasteiger partial charge on any atom is -0.392 e. The van der Waals surface area contributed by atoms with E-state index in [0.29, 0.717) is 6.04 Å². The molecule has 1 aliphatic heterocycles. The number of pyridine rings is 1. The third-order valence-electron chi connectivity index (χ3n) is 4.86. The van der Waals surface area contributed by atoms with E-state index in [9.17, 15) is 5.11 Å². The van der Waals surface area contributed by atoms with Gasteiger partial charge in [0, 0.05) is 37.3 Å². The highest BCUT2D eigenvalue weighted by Gasteiger charge is 2.25. The third kappa shape index (κ3) is 2.52. The van der Waals surface area contributed by atoms with Crippen molar-refractivity contribution in [3.05, 3.63) is 24.3 Å². The number of nitrogens with zero attached hydrogens (tertiary/aromatic N) is 4. The van der Waals surface area contributed by atoms with Crippen LogP contribution < -0.4 is 0 Å². The Labute approximate surface area is 135 Å². The van der Waals surface area contributed by atoms with Crippen molar-refractivity contribution in [2.45, 2.75) is 38.8 Å². The number of rotatable bonds is 3. The van der Waals surface area contributed by atoms with Crippen molar-refractivity contribution in [1.29, 1.82) is 0 Å². The molecule has 2 N–H and O–H groups in total. The van der Waals surface area contributed by atoms with E-state index in [1.165, 1.54) is 5.52 Å². The minimum atomic E-state index is -0.257. The molecule has 0 saturated carbocycles. The van der Waals surface area contributed by atoms with Crippen LogP contribution in [0.1, 0.15) is 31.6 Å². The van der Waals surface area contributed by atoms with Crippen molar-refractivity contribution < 1.29 is 5.11 Å². The first kappa shape index (κ1) is 14.7. The number of likely N-dealkylation sites (tertiary alicyclic amines) is 1. The van der Waals surface area contributed by atoms with E-state index < -0.39 is 0 Å². The lowest BCUT2D eigenvalue weighted by Crippen LogP contribution is -2.38. The van der Waals surface area contributed by atoms with Gasteiger partial charge in [-0.15, -0.1) is 0 Å². The molecule has 1 atom stereocenters. The molecule has 1 aliphatic rings. The molecule has 0 bridgehead atoms. The van der Waals surface area contributed by atoms with Crippen molar-refractivity contribution in [3.8, 4) is 0 Å². The van der Waals surface area contributed by atoms with E-state index in [-0.39, 0.29) is 6.10 Å². The van der Waals surface area contributed by atoms with E-state index in [1.807, 2.05) is 19.3 Å². The van der Waals surface area contributed by atoms with Gasteiger partial charge in [0.05, 0.1) is 17.8 Å². The summed E-state index contributed by atoms with van der Waals surface area (Å²) in [5.41, 5.74) is 3.09. The van der Waals surface area contributed by atoms with E-state index in [0.717, 1.165) is 54.9 Å². The van der Waals surface area contributed by atoms with Crippen LogP contribution in [0, 0.1) is 6.92 Å². The number of hydrogen-bond donors (Lipinski definition) is 2. The minimum absolute atomic E-state index is 0.257. The Bertz CT molecular complexity index is 826. The SMILES string of the molecule is Cc1nc2cnc3[nH]ccc3c2n1C1CCN(CC(C)O)CC1. The molecule has 1 saturated heterocycles. The molecule has 4 rings (SSSR count). The molecule has 0 aliphatic carbocycles. The predicted molar refractivity (Wildman–Crippen MR) is 90.5 cm³/mol. The van der Waals surface area contributed by atoms with E-state index >= 15 is 0 Å². The second-order valence-electron chi connectivity index (χ2n) is 6.64. The number of aryl methyl sites for hydroxylation is 1. The smallest absolute Gasteiger partial charge is 0.139 e. The molecule has 6 nitrogen and oxygen atoms in total. The molecule has 3 aromatic rings. The van der Waals surface area contributed by atoms with E-state index in [1.54, 1.807) is 0 Å². The lowest BCUT2D eigenvalue weighted by Gasteiger charge is -2.34. The van der Waals surface area contributed by atoms with Crippen LogP contribution in [-0.4, -0.2) is 55.3 Å². The van der Waals surface area contributed by atoms with Crippen LogP contribution in [0.3, 0.4) is 0 Å². The van der Waals surface area contributed by atoms with Crippen LogP contribution in [0.2, 0.25) is 0 Å². The van der Waals surface area contributed by atoms with Crippen LogP contribution in [0.15, 0.2) is 18.5 Å². The lowest BCUT2D eigenvalue weighted by atomic mass is 10.0. The summed E-state index contributed by atoms with van der Waals surface area (Å²) in [6.45, 7) is 6.75. The number of hydrogen-bond acceptors (Lipinski definition) is 4. The van der Waals surface area contributed by atoms with Gasteiger partial charge in [0.25, 0.3) is 0 Å². The lowest BCUT2D eigenvalue weighted by molar-refractivity contribution is 0.102. The summed E-state index contributed by atoms with van der Waals surface area (Å²) in [7, 11) is 0. The van der Waals surface area contributed by atoms with Gasteiger partial charge in [-0.3, -0.25) is 0 Å². The standard InChI is InChI=1S/C17H23N5O/c1-11(23)10-21-7-4-13(5-8-21)22-12(2)20-15-9-19-17-14(16(15)22)3-6-18-17/h3,6,9,11,13,23H,4-5,7-8,10H2,1-2H3,(H,18,19). The summed E-state index contributed by atoms with van der Waals surface area (Å²) in [4.78, 5) is 14.7. The summed E-state index contributed by atoms with van der Waals surface area (Å²) in [5, 5.41) is 10.7. The number of β-amino-alcohol motifs (C(OH)–C–C–N with tert-alkyl or cyclic N) is 1. The molecular formula is C17H23N5O. The quantitative estimate of drug-likeness (QED) is 0.778. The molecule has 4 heterocycles. The number of aromatic amines is 1. The normalized spacial score (nSPS) is 18.9. The number of piperidine rings is 1. The fourth-order valence-electron chi connectivity index (χ4n) is 3.89. The zero-order valence-electron chi connectivity index (χ0n) is 13.7. The van der Waals surface area contributed by atoms with Gasteiger partial charge >= 0.3 is 0 Å². The molecule has 0 radical (unpaired) electrons. The monoisotopic (exact) mass is 313 g/mol. The Kier molecular flexibility index (Phi) is 3.58. The van der Waals surface area contributed by atoms with Crippen molar-refractivity contribution in [3.63, 3.8) is 0 Å². The van der Waals surface area contributed by atoms with Crippen LogP contribution in [-0.2, 0) is 0 Å². The summed E-state index contributed by atoms with van der Waals surface area (Å²) in [6.07, 6.45) is 5.73. The van der Waals surface area contributed by atoms with Gasteiger partial charge in [0.2, 0.25) is 0 Å². The zero-order chi connectivity index (χ0) is 16.0. The molecule has 0 aromatic carbocycles. The average molecular weight is 313 g/mol. The highest BCUT2D eigenvalue weighted by Crippen LogP contribution is 2.31. The maximum atomic E-state index is 9.57. The summed E-state index contributed by atoms with van der Waals surface area (Å²) in [6, 6.07) is 2.55. The molecule has 3 aromatic heterocycles. The third-order valence-corrected chi connectivity index (χ3v) is 4.86. The second kappa shape index (κ2) is 5.62. The molecule has 122 valence electrons. The fourth-order valence-corrected chi connectivity index (χ4v) is 3.89. The Hall–Kier alpha value is -1.92. The number of imidazole rings is 1. The zero-order valence-corrected chi connectivity index (χ0v) is 13.7. The van der Waals surface area contributed by atoms with E-state index in [4.69, 9.17) is 4.98 Å². The van der Waals surface area contributed by atoms with Gasteiger partial charge in [0.15, 0.2) is 0 Å². The first-order valence-corrected chi connectivity index (χ1v) is 8.34. The number of fused-ring (bicyclic) bond motifs is 3. The number of aliphatic hydroxyl groups is 1. The number of nitrogens with one attached hydrogen (secondary N) is 1. The Morgan fingerprint density at radius 1 is 1.39 bits per heavy atom. The van der Waals surface area contributed by atoms with Crippen LogP contribution in [0.4, 0.5) is 0 Å². The van der Waals surface area contributed by atoms with Gasteiger partial charge in [-0.1, -0.05) is 0 Å². The Balaban J connectivity index is 1.69. The molecule has 1 unspecified atom stereocenters. The largest absolute Gasteiger partial charge is 0.392 e. The molecule has 0 amide bonds. The first-order chi connectivity index (χ1) is 11.1. The number of aliphatic hydroxyl groups excluding tert-OH is 1. The number of aromatic nitrogens is 4. The van der Waals surface area contributed by atoms with Crippen molar-refractivity contribution >= 4 is 22.1 Å². The molecular weight excluding hydrogens is 290 g/mol. The molecule has 6 heteroatoms. The van der Waals surface area contributed by atoms with Crippen LogP contribution in [0.5, 0.6) is 0 Å². The first-order valence-electron chi connectivity index (χ1n) is 8.34. The number of H-pyrrole nitrogens is 1. The van der Waals surface area contributed by atoms with Gasteiger partial charge < -0.3 is 19.6 Å². The molecule has 1 fully saturated rings. The molecule has 23 heavy (non-hydrogen) atoms. The average Bonchev–Trinajstić information content (AvgIpc) is 3.10. The van der Waals surface area contributed by atoms with Gasteiger partial charge in [0.1, 0.15) is 17.0 Å². The topological polar surface area (TPSA) is 70.0 Å². The maximum Gasteiger partial charge on any atom is 0.139 e. The highest BCUT2D eigenvalue weighted by molar-refractivity contribution is 6.01. The van der Waals surface area contributed by atoms with E-state index in [2.05, 4.69) is 32.4 Å². The van der Waals surface area contributed by atoms with Gasteiger partial charge in [-0.25, -0.2) is 9.97 Å². The summed E-state index contributed by atoms with van der Waals surface area (Å²) < 4.78 is 2.40. The molecule has 0 spiro atoms. The van der Waals surface area contributed by atoms with Gasteiger partial charge in [-0.2, -0.15) is 0 Å². The second-order valence-corrected chi connectivity index (χ2v) is 6.64. The maximum absolute atomic E-state index is 9.57. The summed E-state index contributed by atoms with van der Waals surface area (Å²) in [5.74, 6) is 1.06. The highest BCUT2D eigenvalue weighted by atomic mass is 16.3. The predicted octanol–water partition coefficient (Wildman–Crippen LogP) is 2.24. The fraction of sp³-hybridized carbons (Fsp3) is 0.529. The Morgan fingerprint density at radius 3 is 2.91 bits per heavy atom. The van der Waals surface area contributed by atoms with Crippen molar-refractivity contribution in [2.75, 3.05) is 19.6 Å². The van der Waals surface area contributed by atoms with Crippen LogP contribution >= 0.6 is 0 Å². The van der Waals surface area contributed by atoms with Crippen LogP contribution in [0.25, 0.3) is 22.1 Å². The summed E-state index contributed by atoms with van der Waals surface area (Å²) >= 11 is 0. The van der Waals surface area contributed by atoms with Gasteiger partial charge in [-0.05, 0) is 32.8 Å². The van der Waals surface area contributed by atoms with Crippen molar-refractivity contribution in [1.82, 2.24) is 24.4 Å². The van der Waals surface area contributed by atoms with Crippen molar-refractivity contribution in [2.24, 2.45) is 0 Å².